The second-order valence-corrected chi connectivity index (χ2v) is 13.5. The topological polar surface area (TPSA) is 18.5 Å². The molecule has 236 valence electrons. The lowest BCUT2D eigenvalue weighted by molar-refractivity contribution is 0.464. The first-order valence-corrected chi connectivity index (χ1v) is 17.5. The smallest absolute Gasteiger partial charge is 0.260 e. The van der Waals surface area contributed by atoms with E-state index in [9.17, 15) is 0 Å². The van der Waals surface area contributed by atoms with Gasteiger partial charge in [-0.15, -0.1) is 0 Å². The molecule has 0 saturated carbocycles. The normalized spacial score (nSPS) is 12.6. The van der Waals surface area contributed by atoms with Gasteiger partial charge < -0.3 is 9.47 Å². The fourth-order valence-corrected chi connectivity index (χ4v) is 8.65. The predicted octanol–water partition coefficient (Wildman–Crippen LogP) is 10.9. The molecule has 0 atom stereocenters. The zero-order valence-electron chi connectivity index (χ0n) is 27.6. The lowest BCUT2D eigenvalue weighted by Crippen LogP contribution is -2.57. The van der Waals surface area contributed by atoms with Crippen LogP contribution in [0, 0.1) is 0 Å². The first-order chi connectivity index (χ1) is 25.3. The van der Waals surface area contributed by atoms with E-state index in [1.165, 1.54) is 60.1 Å². The third-order valence-electron chi connectivity index (χ3n) is 10.8. The van der Waals surface area contributed by atoms with Gasteiger partial charge in [0.1, 0.15) is 23.0 Å². The van der Waals surface area contributed by atoms with Gasteiger partial charge in [0.05, 0.1) is 0 Å². The first kappa shape index (κ1) is 28.3. The third-order valence-corrected chi connectivity index (χ3v) is 10.8. The highest BCUT2D eigenvalue weighted by molar-refractivity contribution is 6.98. The van der Waals surface area contributed by atoms with Crippen molar-refractivity contribution in [1.29, 1.82) is 0 Å². The Hall–Kier alpha value is -6.58. The Labute approximate surface area is 296 Å². The monoisotopic (exact) mass is 648 g/mol. The van der Waals surface area contributed by atoms with E-state index < -0.39 is 0 Å². The molecule has 0 unspecified atom stereocenters. The van der Waals surface area contributed by atoms with Gasteiger partial charge in [0.15, 0.2) is 0 Å². The summed E-state index contributed by atoms with van der Waals surface area (Å²) >= 11 is 0. The van der Waals surface area contributed by atoms with Gasteiger partial charge in [-0.05, 0) is 101 Å². The van der Waals surface area contributed by atoms with Crippen LogP contribution in [-0.2, 0) is 0 Å². The summed E-state index contributed by atoms with van der Waals surface area (Å²) in [4.78, 5) is 0. The Balaban J connectivity index is 1.16. The van der Waals surface area contributed by atoms with Gasteiger partial charge in [0.25, 0.3) is 6.71 Å². The number of fused-ring (bicyclic) bond motifs is 7. The molecule has 0 radical (unpaired) electrons. The summed E-state index contributed by atoms with van der Waals surface area (Å²) in [5.41, 5.74) is 10.7. The number of para-hydroxylation sites is 1. The molecule has 0 saturated heterocycles. The molecule has 9 aromatic carbocycles. The Morgan fingerprint density at radius 1 is 0.333 bits per heavy atom. The van der Waals surface area contributed by atoms with Crippen molar-refractivity contribution in [3.05, 3.63) is 176 Å². The van der Waals surface area contributed by atoms with Crippen LogP contribution in [0.3, 0.4) is 0 Å². The fourth-order valence-electron chi connectivity index (χ4n) is 8.65. The maximum atomic E-state index is 6.57. The van der Waals surface area contributed by atoms with Gasteiger partial charge in [-0.1, -0.05) is 152 Å². The highest BCUT2D eigenvalue weighted by Gasteiger charge is 2.40. The zero-order valence-corrected chi connectivity index (χ0v) is 27.6. The van der Waals surface area contributed by atoms with Gasteiger partial charge in [0, 0.05) is 5.46 Å². The molecule has 0 fully saturated rings. The molecule has 0 aliphatic carbocycles. The minimum atomic E-state index is 0.0126. The second-order valence-electron chi connectivity index (χ2n) is 13.5. The van der Waals surface area contributed by atoms with Crippen molar-refractivity contribution in [3.8, 4) is 56.4 Å². The quantitative estimate of drug-likeness (QED) is 0.140. The second kappa shape index (κ2) is 11.0. The average Bonchev–Trinajstić information content (AvgIpc) is 3.19. The minimum Gasteiger partial charge on any atom is -0.458 e. The average molecular weight is 649 g/mol. The van der Waals surface area contributed by atoms with Crippen molar-refractivity contribution < 1.29 is 9.47 Å². The molecule has 2 nitrogen and oxygen atoms in total. The highest BCUT2D eigenvalue weighted by Crippen LogP contribution is 2.47. The van der Waals surface area contributed by atoms with Gasteiger partial charge in [-0.3, -0.25) is 0 Å². The maximum absolute atomic E-state index is 6.57. The summed E-state index contributed by atoms with van der Waals surface area (Å²) in [6.07, 6.45) is 0. The summed E-state index contributed by atoms with van der Waals surface area (Å²) in [6, 6.07) is 63.3. The van der Waals surface area contributed by atoms with Crippen LogP contribution >= 0.6 is 0 Å². The van der Waals surface area contributed by atoms with Gasteiger partial charge in [-0.2, -0.15) is 0 Å². The van der Waals surface area contributed by atoms with Crippen LogP contribution in [0.4, 0.5) is 0 Å². The van der Waals surface area contributed by atoms with Crippen LogP contribution in [0.25, 0.3) is 65.7 Å². The number of rotatable bonds is 3. The number of benzene rings is 9. The SMILES string of the molecule is c1ccc2c(c1)Oc1cccc3c1B2c1cc(-c2ccccc2-c2c4ccccc4c(-c4cccc5ccccc45)c4ccccc24)ccc1O3. The van der Waals surface area contributed by atoms with Crippen LogP contribution in [0.2, 0.25) is 0 Å². The van der Waals surface area contributed by atoms with Crippen molar-refractivity contribution in [2.24, 2.45) is 0 Å². The van der Waals surface area contributed by atoms with Crippen LogP contribution in [0.1, 0.15) is 0 Å². The van der Waals surface area contributed by atoms with Gasteiger partial charge in [-0.25, -0.2) is 0 Å². The lowest BCUT2D eigenvalue weighted by atomic mass is 9.35. The maximum Gasteiger partial charge on any atom is 0.260 e. The van der Waals surface area contributed by atoms with E-state index in [4.69, 9.17) is 9.47 Å². The summed E-state index contributed by atoms with van der Waals surface area (Å²) in [5.74, 6) is 3.50. The van der Waals surface area contributed by atoms with Crippen LogP contribution in [-0.4, -0.2) is 6.71 Å². The summed E-state index contributed by atoms with van der Waals surface area (Å²) in [7, 11) is 0. The summed E-state index contributed by atoms with van der Waals surface area (Å²) in [5, 5.41) is 7.49. The van der Waals surface area contributed by atoms with E-state index in [2.05, 4.69) is 152 Å². The Bertz CT molecular complexity index is 2810. The van der Waals surface area contributed by atoms with Crippen molar-refractivity contribution >= 4 is 55.4 Å². The van der Waals surface area contributed by atoms with Crippen LogP contribution in [0.15, 0.2) is 176 Å². The molecule has 0 amide bonds. The number of hydrogen-bond donors (Lipinski definition) is 0. The number of ether oxygens (including phenoxy) is 2. The molecule has 9 aromatic rings. The molecule has 11 rings (SSSR count). The molecular formula is C48H29BO2. The standard InChI is InChI=1S/C48H29BO2/c1-2-15-32-30(13-1)14-11-22-35(32)47-38-20-7-5-18-36(38)46(37-19-6-8-21-39(37)47)34-17-4-3-16-33(34)31-27-28-43-41(29-31)49-40-23-9-10-24-42(40)50-44-25-12-26-45(51-43)48(44)49/h1-29H. The largest absolute Gasteiger partial charge is 0.458 e. The molecule has 2 aliphatic heterocycles. The fraction of sp³-hybridized carbons (Fsp3) is 0. The van der Waals surface area contributed by atoms with E-state index in [-0.39, 0.29) is 6.71 Å². The first-order valence-electron chi connectivity index (χ1n) is 17.5. The van der Waals surface area contributed by atoms with E-state index in [0.29, 0.717) is 0 Å². The van der Waals surface area contributed by atoms with E-state index in [1.54, 1.807) is 0 Å². The van der Waals surface area contributed by atoms with E-state index in [0.717, 1.165) is 44.9 Å². The third kappa shape index (κ3) is 4.19. The van der Waals surface area contributed by atoms with Crippen LogP contribution in [0.5, 0.6) is 23.0 Å². The minimum absolute atomic E-state index is 0.0126. The summed E-state index contributed by atoms with van der Waals surface area (Å²) in [6.45, 7) is 0.0126. The van der Waals surface area contributed by atoms with E-state index >= 15 is 0 Å². The molecular weight excluding hydrogens is 619 g/mol. The molecule has 51 heavy (non-hydrogen) atoms. The van der Waals surface area contributed by atoms with Crippen molar-refractivity contribution in [3.63, 3.8) is 0 Å². The van der Waals surface area contributed by atoms with Crippen LogP contribution < -0.4 is 25.9 Å². The molecule has 3 heteroatoms. The van der Waals surface area contributed by atoms with Gasteiger partial charge in [0.2, 0.25) is 0 Å². The van der Waals surface area contributed by atoms with E-state index in [1.807, 2.05) is 24.3 Å². The van der Waals surface area contributed by atoms with Gasteiger partial charge >= 0.3 is 0 Å². The van der Waals surface area contributed by atoms with Crippen molar-refractivity contribution in [1.82, 2.24) is 0 Å². The molecule has 2 heterocycles. The molecule has 0 aromatic heterocycles. The van der Waals surface area contributed by atoms with Crippen molar-refractivity contribution in [2.75, 3.05) is 0 Å². The zero-order chi connectivity index (χ0) is 33.5. The molecule has 0 N–H and O–H groups in total. The molecule has 2 aliphatic rings. The Morgan fingerprint density at radius 2 is 0.824 bits per heavy atom. The molecule has 0 spiro atoms. The number of hydrogen-bond acceptors (Lipinski definition) is 2. The molecule has 0 bridgehead atoms. The predicted molar refractivity (Wildman–Crippen MR) is 213 cm³/mol. The summed E-state index contributed by atoms with van der Waals surface area (Å²) < 4.78 is 13.0. The van der Waals surface area contributed by atoms with Crippen molar-refractivity contribution in [2.45, 2.75) is 0 Å². The Morgan fingerprint density at radius 3 is 1.55 bits per heavy atom. The Kier molecular flexibility index (Phi) is 6.08. The lowest BCUT2D eigenvalue weighted by Gasteiger charge is -2.33. The highest BCUT2D eigenvalue weighted by atomic mass is 16.5.